The van der Waals surface area contributed by atoms with E-state index in [4.69, 9.17) is 0 Å². The van der Waals surface area contributed by atoms with Crippen LogP contribution in [0.4, 0.5) is 5.69 Å². The second kappa shape index (κ2) is 4.80. The van der Waals surface area contributed by atoms with Crippen molar-refractivity contribution in [2.24, 2.45) is 10.5 Å². The second-order valence-electron chi connectivity index (χ2n) is 5.89. The Morgan fingerprint density at radius 2 is 1.95 bits per heavy atom. The fraction of sp³-hybridized carbons (Fsp3) is 0.500. The molecule has 1 amide bonds. The first-order valence-corrected chi connectivity index (χ1v) is 7.15. The number of rotatable bonds is 1. The minimum Gasteiger partial charge on any atom is -0.273 e. The lowest BCUT2D eigenvalue weighted by Gasteiger charge is -2.36. The summed E-state index contributed by atoms with van der Waals surface area (Å²) in [5.41, 5.74) is 2.10. The van der Waals surface area contributed by atoms with E-state index in [1.807, 2.05) is 30.3 Å². The Morgan fingerprint density at radius 1 is 1.16 bits per heavy atom. The SMILES string of the molecule is C[C@]12CCCCCC1=NN(c1ccccc1)C(=O)C2. The molecular weight excluding hydrogens is 236 g/mol. The quantitative estimate of drug-likeness (QED) is 0.753. The summed E-state index contributed by atoms with van der Waals surface area (Å²) in [7, 11) is 0. The maximum atomic E-state index is 12.4. The number of hydrogen-bond donors (Lipinski definition) is 0. The molecule has 1 aromatic carbocycles. The molecule has 1 fully saturated rings. The van der Waals surface area contributed by atoms with Gasteiger partial charge in [-0.25, -0.2) is 5.01 Å². The molecule has 1 atom stereocenters. The van der Waals surface area contributed by atoms with Crippen molar-refractivity contribution in [3.05, 3.63) is 30.3 Å². The van der Waals surface area contributed by atoms with Crippen LogP contribution in [0.1, 0.15) is 45.4 Å². The fourth-order valence-corrected chi connectivity index (χ4v) is 3.15. The van der Waals surface area contributed by atoms with Gasteiger partial charge in [0.15, 0.2) is 0 Å². The summed E-state index contributed by atoms with van der Waals surface area (Å²) in [6.07, 6.45) is 6.40. The van der Waals surface area contributed by atoms with Crippen molar-refractivity contribution in [1.82, 2.24) is 0 Å². The van der Waals surface area contributed by atoms with Crippen molar-refractivity contribution >= 4 is 17.3 Å². The fourth-order valence-electron chi connectivity index (χ4n) is 3.15. The van der Waals surface area contributed by atoms with E-state index in [9.17, 15) is 4.79 Å². The molecule has 0 bridgehead atoms. The average Bonchev–Trinajstić information content (AvgIpc) is 2.59. The van der Waals surface area contributed by atoms with Gasteiger partial charge >= 0.3 is 0 Å². The van der Waals surface area contributed by atoms with E-state index in [0.717, 1.165) is 18.5 Å². The number of amides is 1. The van der Waals surface area contributed by atoms with Crippen LogP contribution in [0.2, 0.25) is 0 Å². The summed E-state index contributed by atoms with van der Waals surface area (Å²) in [5, 5.41) is 6.29. The summed E-state index contributed by atoms with van der Waals surface area (Å²) in [4.78, 5) is 12.4. The van der Waals surface area contributed by atoms with Gasteiger partial charge in [0.25, 0.3) is 0 Å². The van der Waals surface area contributed by atoms with Gasteiger partial charge in [-0.3, -0.25) is 4.79 Å². The van der Waals surface area contributed by atoms with Gasteiger partial charge in [0.05, 0.1) is 5.69 Å². The Morgan fingerprint density at radius 3 is 2.74 bits per heavy atom. The molecule has 2 aliphatic rings. The molecule has 1 aliphatic carbocycles. The van der Waals surface area contributed by atoms with Crippen LogP contribution in [0.3, 0.4) is 0 Å². The van der Waals surface area contributed by atoms with Crippen LogP contribution in [0.5, 0.6) is 0 Å². The minimum atomic E-state index is -0.00113. The van der Waals surface area contributed by atoms with Crippen molar-refractivity contribution in [3.63, 3.8) is 0 Å². The van der Waals surface area contributed by atoms with Crippen LogP contribution >= 0.6 is 0 Å². The Labute approximate surface area is 114 Å². The number of nitrogens with zero attached hydrogens (tertiary/aromatic N) is 2. The summed E-state index contributed by atoms with van der Waals surface area (Å²) in [6, 6.07) is 9.75. The summed E-state index contributed by atoms with van der Waals surface area (Å²) in [6.45, 7) is 2.21. The Balaban J connectivity index is 1.98. The third-order valence-electron chi connectivity index (χ3n) is 4.34. The molecule has 0 spiro atoms. The number of carbonyl (C=O) groups is 1. The summed E-state index contributed by atoms with van der Waals surface area (Å²) in [5.74, 6) is 0.124. The smallest absolute Gasteiger partial charge is 0.248 e. The van der Waals surface area contributed by atoms with E-state index in [1.165, 1.54) is 25.0 Å². The normalized spacial score (nSPS) is 27.5. The first-order chi connectivity index (χ1) is 9.19. The highest BCUT2D eigenvalue weighted by molar-refractivity contribution is 6.04. The molecule has 0 saturated heterocycles. The molecule has 19 heavy (non-hydrogen) atoms. The van der Waals surface area contributed by atoms with E-state index >= 15 is 0 Å². The highest BCUT2D eigenvalue weighted by atomic mass is 16.2. The van der Waals surface area contributed by atoms with Crippen LogP contribution in [0.25, 0.3) is 0 Å². The predicted octanol–water partition coefficient (Wildman–Crippen LogP) is 3.75. The number of fused-ring (bicyclic) bond motifs is 1. The van der Waals surface area contributed by atoms with Gasteiger partial charge in [-0.1, -0.05) is 38.0 Å². The Kier molecular flexibility index (Phi) is 3.13. The topological polar surface area (TPSA) is 32.7 Å². The largest absolute Gasteiger partial charge is 0.273 e. The minimum absolute atomic E-state index is 0.00113. The van der Waals surface area contributed by atoms with Crippen molar-refractivity contribution in [3.8, 4) is 0 Å². The van der Waals surface area contributed by atoms with E-state index in [0.29, 0.717) is 6.42 Å². The van der Waals surface area contributed by atoms with Gasteiger partial charge in [-0.15, -0.1) is 0 Å². The number of hydrogen-bond acceptors (Lipinski definition) is 2. The number of para-hydroxylation sites is 1. The third-order valence-corrected chi connectivity index (χ3v) is 4.34. The first kappa shape index (κ1) is 12.4. The zero-order valence-corrected chi connectivity index (χ0v) is 11.4. The molecule has 0 unspecified atom stereocenters. The van der Waals surface area contributed by atoms with Crippen LogP contribution in [0.15, 0.2) is 35.4 Å². The molecule has 3 nitrogen and oxygen atoms in total. The lowest BCUT2D eigenvalue weighted by atomic mass is 9.76. The van der Waals surface area contributed by atoms with Crippen LogP contribution in [-0.4, -0.2) is 11.6 Å². The molecule has 1 saturated carbocycles. The molecule has 0 N–H and O–H groups in total. The molecule has 0 radical (unpaired) electrons. The second-order valence-corrected chi connectivity index (χ2v) is 5.89. The molecule has 1 aromatic rings. The molecule has 3 rings (SSSR count). The van der Waals surface area contributed by atoms with Crippen LogP contribution < -0.4 is 5.01 Å². The average molecular weight is 256 g/mol. The molecular formula is C16H20N2O. The molecule has 0 aromatic heterocycles. The van der Waals surface area contributed by atoms with Crippen molar-refractivity contribution in [2.45, 2.75) is 45.4 Å². The maximum Gasteiger partial charge on any atom is 0.248 e. The van der Waals surface area contributed by atoms with E-state index in [1.54, 1.807) is 5.01 Å². The zero-order chi connectivity index (χ0) is 13.3. The van der Waals surface area contributed by atoms with Crippen LogP contribution in [-0.2, 0) is 4.79 Å². The number of hydrazone groups is 1. The van der Waals surface area contributed by atoms with Crippen molar-refractivity contribution in [2.75, 3.05) is 5.01 Å². The Hall–Kier alpha value is -1.64. The lowest BCUT2D eigenvalue weighted by molar-refractivity contribution is -0.120. The van der Waals surface area contributed by atoms with E-state index in [-0.39, 0.29) is 11.3 Å². The highest BCUT2D eigenvalue weighted by Gasteiger charge is 2.40. The number of benzene rings is 1. The van der Waals surface area contributed by atoms with Gasteiger partial charge in [-0.2, -0.15) is 5.10 Å². The standard InChI is InChI=1S/C16H20N2O/c1-16-11-7-3-6-10-14(16)17-18(15(19)12-16)13-8-4-2-5-9-13/h2,4-5,8-9H,3,6-7,10-12H2,1H3/t16-/m1/s1. The number of anilines is 1. The van der Waals surface area contributed by atoms with Gasteiger partial charge in [0.2, 0.25) is 5.91 Å². The molecule has 100 valence electrons. The van der Waals surface area contributed by atoms with E-state index < -0.39 is 0 Å². The third kappa shape index (κ3) is 2.29. The zero-order valence-electron chi connectivity index (χ0n) is 11.4. The predicted molar refractivity (Wildman–Crippen MR) is 77.2 cm³/mol. The monoisotopic (exact) mass is 256 g/mol. The highest BCUT2D eigenvalue weighted by Crippen LogP contribution is 2.39. The van der Waals surface area contributed by atoms with Crippen molar-refractivity contribution < 1.29 is 4.79 Å². The first-order valence-electron chi connectivity index (χ1n) is 7.15. The maximum absolute atomic E-state index is 12.4. The van der Waals surface area contributed by atoms with Gasteiger partial charge in [-0.05, 0) is 31.4 Å². The summed E-state index contributed by atoms with van der Waals surface area (Å²) < 4.78 is 0. The van der Waals surface area contributed by atoms with Crippen LogP contribution in [0, 0.1) is 5.41 Å². The van der Waals surface area contributed by atoms with E-state index in [2.05, 4.69) is 12.0 Å². The van der Waals surface area contributed by atoms with Gasteiger partial charge in [0.1, 0.15) is 0 Å². The molecule has 1 aliphatic heterocycles. The Bertz CT molecular complexity index is 509. The van der Waals surface area contributed by atoms with Crippen molar-refractivity contribution in [1.29, 1.82) is 0 Å². The van der Waals surface area contributed by atoms with Gasteiger partial charge < -0.3 is 0 Å². The number of carbonyl (C=O) groups excluding carboxylic acids is 1. The molecule has 1 heterocycles. The van der Waals surface area contributed by atoms with Gasteiger partial charge in [0, 0.05) is 17.5 Å². The molecule has 3 heteroatoms. The lowest BCUT2D eigenvalue weighted by Crippen LogP contribution is -2.42. The summed E-state index contributed by atoms with van der Waals surface area (Å²) >= 11 is 0.